The quantitative estimate of drug-likeness (QED) is 0.773. The van der Waals surface area contributed by atoms with E-state index in [0.717, 1.165) is 5.56 Å². The maximum Gasteiger partial charge on any atom is 0.239 e. The van der Waals surface area contributed by atoms with Crippen LogP contribution in [0, 0.1) is 0 Å². The molecule has 0 spiro atoms. The van der Waals surface area contributed by atoms with E-state index in [2.05, 4.69) is 29.6 Å². The number of primary amides is 1. The van der Waals surface area contributed by atoms with Gasteiger partial charge in [0.15, 0.2) is 0 Å². The van der Waals surface area contributed by atoms with Crippen LogP contribution in [0.4, 0.5) is 0 Å². The summed E-state index contributed by atoms with van der Waals surface area (Å²) >= 11 is 0. The minimum atomic E-state index is -0.532. The zero-order valence-corrected chi connectivity index (χ0v) is 13.1. The highest BCUT2D eigenvalue weighted by Gasteiger charge is 2.31. The van der Waals surface area contributed by atoms with Gasteiger partial charge in [0.25, 0.3) is 0 Å². The Morgan fingerprint density at radius 1 is 0.792 bits per heavy atom. The highest BCUT2D eigenvalue weighted by Crippen LogP contribution is 2.43. The summed E-state index contributed by atoms with van der Waals surface area (Å²) < 4.78 is 0. The van der Waals surface area contributed by atoms with Crippen molar-refractivity contribution in [1.82, 2.24) is 5.32 Å². The number of carbonyl (C=O) groups excluding carboxylic acids is 1. The molecule has 1 amide bonds. The van der Waals surface area contributed by atoms with Crippen molar-refractivity contribution in [3.8, 4) is 11.1 Å². The Bertz CT molecular complexity index is 844. The topological polar surface area (TPSA) is 55.1 Å². The van der Waals surface area contributed by atoms with Crippen molar-refractivity contribution in [2.75, 3.05) is 0 Å². The van der Waals surface area contributed by atoms with Crippen LogP contribution >= 0.6 is 0 Å². The van der Waals surface area contributed by atoms with Gasteiger partial charge in [-0.2, -0.15) is 0 Å². The lowest BCUT2D eigenvalue weighted by molar-refractivity contribution is -0.120. The third kappa shape index (κ3) is 2.39. The largest absolute Gasteiger partial charge is 0.368 e. The number of fused-ring (bicyclic) bond motifs is 3. The van der Waals surface area contributed by atoms with E-state index in [9.17, 15) is 4.79 Å². The molecule has 1 aliphatic rings. The van der Waals surface area contributed by atoms with E-state index < -0.39 is 6.04 Å². The number of carbonyl (C=O) groups is 1. The van der Waals surface area contributed by atoms with Crippen LogP contribution < -0.4 is 11.1 Å². The lowest BCUT2D eigenvalue weighted by atomic mass is 10.0. The Morgan fingerprint density at radius 2 is 1.29 bits per heavy atom. The highest BCUT2D eigenvalue weighted by molar-refractivity contribution is 5.83. The third-order valence-electron chi connectivity index (χ3n) is 4.58. The second-order valence-corrected chi connectivity index (χ2v) is 6.02. The van der Waals surface area contributed by atoms with Gasteiger partial charge in [-0.05, 0) is 27.8 Å². The number of hydrogen-bond acceptors (Lipinski definition) is 2. The van der Waals surface area contributed by atoms with E-state index in [1.165, 1.54) is 22.3 Å². The van der Waals surface area contributed by atoms with Crippen LogP contribution in [0.3, 0.4) is 0 Å². The fourth-order valence-corrected chi connectivity index (χ4v) is 3.49. The second kappa shape index (κ2) is 5.95. The van der Waals surface area contributed by atoms with Gasteiger partial charge in [0, 0.05) is 0 Å². The maximum absolute atomic E-state index is 12.1. The van der Waals surface area contributed by atoms with Crippen molar-refractivity contribution in [1.29, 1.82) is 0 Å². The molecule has 0 radical (unpaired) electrons. The van der Waals surface area contributed by atoms with Crippen LogP contribution in [0.25, 0.3) is 11.1 Å². The molecule has 0 heterocycles. The van der Waals surface area contributed by atoms with Crippen LogP contribution in [0.2, 0.25) is 0 Å². The molecule has 3 nitrogen and oxygen atoms in total. The molecule has 3 N–H and O–H groups in total. The fourth-order valence-electron chi connectivity index (χ4n) is 3.49. The first-order valence-electron chi connectivity index (χ1n) is 8.04. The summed E-state index contributed by atoms with van der Waals surface area (Å²) in [6.07, 6.45) is 0. The third-order valence-corrected chi connectivity index (χ3v) is 4.58. The van der Waals surface area contributed by atoms with Crippen molar-refractivity contribution < 1.29 is 4.79 Å². The van der Waals surface area contributed by atoms with E-state index in [-0.39, 0.29) is 11.9 Å². The molecule has 0 fully saturated rings. The molecule has 3 aromatic rings. The van der Waals surface area contributed by atoms with Crippen LogP contribution in [0.1, 0.15) is 28.8 Å². The number of hydrogen-bond donors (Lipinski definition) is 2. The first-order chi connectivity index (χ1) is 11.8. The molecular weight excluding hydrogens is 296 g/mol. The first-order valence-corrected chi connectivity index (χ1v) is 8.04. The number of amides is 1. The van der Waals surface area contributed by atoms with Gasteiger partial charge >= 0.3 is 0 Å². The minimum Gasteiger partial charge on any atom is -0.368 e. The Hall–Kier alpha value is -2.91. The van der Waals surface area contributed by atoms with E-state index in [1.807, 2.05) is 54.6 Å². The molecule has 1 atom stereocenters. The van der Waals surface area contributed by atoms with Crippen LogP contribution in [0.5, 0.6) is 0 Å². The van der Waals surface area contributed by atoms with Crippen LogP contribution in [-0.2, 0) is 4.79 Å². The number of nitrogens with two attached hydrogens (primary N) is 1. The van der Waals surface area contributed by atoms with Gasteiger partial charge < -0.3 is 5.73 Å². The molecule has 1 aliphatic carbocycles. The maximum atomic E-state index is 12.1. The van der Waals surface area contributed by atoms with E-state index in [1.54, 1.807) is 0 Å². The molecule has 0 unspecified atom stereocenters. The highest BCUT2D eigenvalue weighted by atomic mass is 16.1. The van der Waals surface area contributed by atoms with Gasteiger partial charge in [-0.3, -0.25) is 10.1 Å². The fraction of sp³-hybridized carbons (Fsp3) is 0.0952. The number of nitrogens with one attached hydrogen (secondary N) is 1. The predicted octanol–water partition coefficient (Wildman–Crippen LogP) is 3.57. The molecule has 4 rings (SSSR count). The molecule has 3 heteroatoms. The molecular formula is C21H18N2O. The van der Waals surface area contributed by atoms with Gasteiger partial charge in [0.05, 0.1) is 6.04 Å². The summed E-state index contributed by atoms with van der Waals surface area (Å²) in [6.45, 7) is 0. The van der Waals surface area contributed by atoms with Crippen molar-refractivity contribution in [3.63, 3.8) is 0 Å². The molecule has 24 heavy (non-hydrogen) atoms. The van der Waals surface area contributed by atoms with Crippen molar-refractivity contribution >= 4 is 5.91 Å². The first kappa shape index (κ1) is 14.7. The summed E-state index contributed by atoms with van der Waals surface area (Å²) in [5.74, 6) is -0.372. The Balaban J connectivity index is 1.77. The summed E-state index contributed by atoms with van der Waals surface area (Å²) in [5, 5.41) is 3.47. The lowest BCUT2D eigenvalue weighted by Crippen LogP contribution is -2.35. The number of rotatable bonds is 4. The zero-order valence-electron chi connectivity index (χ0n) is 13.1. The number of benzene rings is 3. The van der Waals surface area contributed by atoms with Gasteiger partial charge in [-0.25, -0.2) is 0 Å². The Kier molecular flexibility index (Phi) is 3.63. The molecule has 0 saturated heterocycles. The standard InChI is InChI=1S/C21H18N2O/c22-21(24)19(14-8-2-1-3-9-14)23-20-17-12-6-4-10-15(17)16-11-5-7-13-18(16)20/h1-13,19-20,23H,(H2,22,24)/t19-/m1/s1. The summed E-state index contributed by atoms with van der Waals surface area (Å²) in [4.78, 5) is 12.1. The monoisotopic (exact) mass is 314 g/mol. The van der Waals surface area contributed by atoms with Crippen LogP contribution in [-0.4, -0.2) is 5.91 Å². The van der Waals surface area contributed by atoms with E-state index in [0.29, 0.717) is 0 Å². The molecule has 0 bridgehead atoms. The molecule has 118 valence electrons. The minimum absolute atomic E-state index is 0.0462. The lowest BCUT2D eigenvalue weighted by Gasteiger charge is -2.22. The van der Waals surface area contributed by atoms with Gasteiger partial charge in [-0.1, -0.05) is 78.9 Å². The predicted molar refractivity (Wildman–Crippen MR) is 95.2 cm³/mol. The van der Waals surface area contributed by atoms with Gasteiger partial charge in [-0.15, -0.1) is 0 Å². The summed E-state index contributed by atoms with van der Waals surface area (Å²) in [7, 11) is 0. The van der Waals surface area contributed by atoms with E-state index in [4.69, 9.17) is 5.73 Å². The van der Waals surface area contributed by atoms with Gasteiger partial charge in [0.2, 0.25) is 5.91 Å². The molecule has 0 aromatic heterocycles. The molecule has 3 aromatic carbocycles. The van der Waals surface area contributed by atoms with Crippen molar-refractivity contribution in [2.45, 2.75) is 12.1 Å². The average molecular weight is 314 g/mol. The second-order valence-electron chi connectivity index (χ2n) is 6.02. The molecule has 0 saturated carbocycles. The summed E-state index contributed by atoms with van der Waals surface area (Å²) in [5.41, 5.74) is 11.3. The Labute approximate surface area is 141 Å². The molecule has 0 aliphatic heterocycles. The average Bonchev–Trinajstić information content (AvgIpc) is 2.94. The zero-order chi connectivity index (χ0) is 16.5. The van der Waals surface area contributed by atoms with Gasteiger partial charge in [0.1, 0.15) is 6.04 Å². The van der Waals surface area contributed by atoms with E-state index >= 15 is 0 Å². The normalized spacial score (nSPS) is 14.0. The smallest absolute Gasteiger partial charge is 0.239 e. The van der Waals surface area contributed by atoms with Crippen molar-refractivity contribution in [3.05, 3.63) is 95.6 Å². The Morgan fingerprint density at radius 3 is 1.83 bits per heavy atom. The summed E-state index contributed by atoms with van der Waals surface area (Å²) in [6, 6.07) is 25.6. The van der Waals surface area contributed by atoms with Crippen LogP contribution in [0.15, 0.2) is 78.9 Å². The SMILES string of the molecule is NC(=O)[C@H](NC1c2ccccc2-c2ccccc21)c1ccccc1. The van der Waals surface area contributed by atoms with Crippen molar-refractivity contribution in [2.24, 2.45) is 5.73 Å².